The van der Waals surface area contributed by atoms with Crippen LogP contribution < -0.4 is 10.1 Å². The number of benzene rings is 2. The molecule has 0 aliphatic heterocycles. The van der Waals surface area contributed by atoms with E-state index in [1.165, 1.54) is 17.4 Å². The van der Waals surface area contributed by atoms with E-state index in [1.807, 2.05) is 12.1 Å². The number of anilines is 1. The second kappa shape index (κ2) is 8.80. The van der Waals surface area contributed by atoms with Gasteiger partial charge in [0.05, 0.1) is 0 Å². The van der Waals surface area contributed by atoms with Gasteiger partial charge in [-0.05, 0) is 48.0 Å². The van der Waals surface area contributed by atoms with E-state index in [2.05, 4.69) is 15.5 Å². The minimum atomic E-state index is -0.290. The first-order valence-electron chi connectivity index (χ1n) is 7.54. The van der Waals surface area contributed by atoms with Crippen LogP contribution in [0.2, 0.25) is 10.0 Å². The van der Waals surface area contributed by atoms with Gasteiger partial charge in [0.15, 0.2) is 5.01 Å². The van der Waals surface area contributed by atoms with Crippen LogP contribution in [0.3, 0.4) is 0 Å². The molecule has 0 aliphatic rings. The number of halogens is 2. The molecule has 0 aliphatic carbocycles. The van der Waals surface area contributed by atoms with Crippen LogP contribution in [0.25, 0.3) is 6.08 Å². The summed E-state index contributed by atoms with van der Waals surface area (Å²) in [5.41, 5.74) is 0.874. The summed E-state index contributed by atoms with van der Waals surface area (Å²) >= 11 is 12.9. The number of nitrogens with one attached hydrogen (secondary N) is 1. The van der Waals surface area contributed by atoms with Gasteiger partial charge in [-0.3, -0.25) is 10.1 Å². The van der Waals surface area contributed by atoms with Crippen molar-refractivity contribution in [1.82, 2.24) is 10.2 Å². The molecule has 0 atom stereocenters. The van der Waals surface area contributed by atoms with E-state index in [9.17, 15) is 4.79 Å². The average molecular weight is 406 g/mol. The topological polar surface area (TPSA) is 64.1 Å². The Hall–Kier alpha value is -2.41. The molecule has 5 nitrogen and oxygen atoms in total. The molecule has 3 rings (SSSR count). The van der Waals surface area contributed by atoms with Gasteiger partial charge < -0.3 is 4.74 Å². The number of ether oxygens (including phenoxy) is 1. The van der Waals surface area contributed by atoms with E-state index in [-0.39, 0.29) is 12.5 Å². The number of hydrogen-bond acceptors (Lipinski definition) is 5. The normalized spacial score (nSPS) is 10.8. The molecule has 0 saturated heterocycles. The van der Waals surface area contributed by atoms with Crippen molar-refractivity contribution in [2.24, 2.45) is 0 Å². The predicted octanol–water partition coefficient (Wildman–Crippen LogP) is 5.08. The summed E-state index contributed by atoms with van der Waals surface area (Å²) in [5, 5.41) is 12.9. The summed E-state index contributed by atoms with van der Waals surface area (Å²) in [5.74, 6) is 0.391. The van der Waals surface area contributed by atoms with Crippen molar-refractivity contribution in [3.8, 4) is 5.75 Å². The Balaban J connectivity index is 1.51. The molecule has 8 heteroatoms. The van der Waals surface area contributed by atoms with Crippen molar-refractivity contribution in [2.45, 2.75) is 6.61 Å². The zero-order valence-electron chi connectivity index (χ0n) is 13.4. The fourth-order valence-electron chi connectivity index (χ4n) is 1.93. The highest BCUT2D eigenvalue weighted by Crippen LogP contribution is 2.20. The number of hydrogen-bond donors (Lipinski definition) is 1. The SMILES string of the molecule is O=C(C=Cc1ccc(Cl)cc1)Nc1nnc(COc2ccc(Cl)cc2)s1. The maximum Gasteiger partial charge on any atom is 0.250 e. The maximum atomic E-state index is 11.9. The Morgan fingerprint density at radius 3 is 2.38 bits per heavy atom. The number of carbonyl (C=O) groups is 1. The quantitative estimate of drug-likeness (QED) is 0.580. The maximum absolute atomic E-state index is 11.9. The third kappa shape index (κ3) is 5.56. The van der Waals surface area contributed by atoms with Crippen LogP contribution in [0, 0.1) is 0 Å². The molecule has 0 unspecified atom stereocenters. The fourth-order valence-corrected chi connectivity index (χ4v) is 2.84. The van der Waals surface area contributed by atoms with Crippen molar-refractivity contribution in [1.29, 1.82) is 0 Å². The van der Waals surface area contributed by atoms with Gasteiger partial charge in [0.1, 0.15) is 12.4 Å². The summed E-state index contributed by atoms with van der Waals surface area (Å²) in [4.78, 5) is 11.9. The van der Waals surface area contributed by atoms with Gasteiger partial charge in [-0.25, -0.2) is 0 Å². The molecule has 1 heterocycles. The molecular formula is C18H13Cl2N3O2S. The van der Waals surface area contributed by atoms with Crippen molar-refractivity contribution in [2.75, 3.05) is 5.32 Å². The first-order chi connectivity index (χ1) is 12.6. The molecular weight excluding hydrogens is 393 g/mol. The number of aromatic nitrogens is 2. The molecule has 2 aromatic carbocycles. The van der Waals surface area contributed by atoms with Crippen LogP contribution in [0.15, 0.2) is 54.6 Å². The van der Waals surface area contributed by atoms with Crippen LogP contribution in [0.1, 0.15) is 10.6 Å². The Labute approximate surface area is 164 Å². The summed E-state index contributed by atoms with van der Waals surface area (Å²) in [6.45, 7) is 0.260. The van der Waals surface area contributed by atoms with Crippen LogP contribution in [-0.2, 0) is 11.4 Å². The number of rotatable bonds is 6. The largest absolute Gasteiger partial charge is 0.486 e. The Morgan fingerprint density at radius 2 is 1.69 bits per heavy atom. The first-order valence-corrected chi connectivity index (χ1v) is 9.11. The van der Waals surface area contributed by atoms with Crippen molar-refractivity contribution < 1.29 is 9.53 Å². The lowest BCUT2D eigenvalue weighted by Gasteiger charge is -2.02. The molecule has 0 bridgehead atoms. The van der Waals surface area contributed by atoms with Crippen molar-refractivity contribution in [3.05, 3.63) is 75.2 Å². The smallest absolute Gasteiger partial charge is 0.250 e. The zero-order valence-corrected chi connectivity index (χ0v) is 15.7. The summed E-state index contributed by atoms with van der Waals surface area (Å²) in [6, 6.07) is 14.2. The molecule has 26 heavy (non-hydrogen) atoms. The molecule has 132 valence electrons. The summed E-state index contributed by atoms with van der Waals surface area (Å²) in [7, 11) is 0. The van der Waals surface area contributed by atoms with Gasteiger partial charge in [0.2, 0.25) is 11.0 Å². The highest BCUT2D eigenvalue weighted by Gasteiger charge is 2.07. The molecule has 1 amide bonds. The number of amides is 1. The van der Waals surface area contributed by atoms with E-state index in [4.69, 9.17) is 27.9 Å². The van der Waals surface area contributed by atoms with Crippen LogP contribution in [-0.4, -0.2) is 16.1 Å². The van der Waals surface area contributed by atoms with Crippen molar-refractivity contribution in [3.63, 3.8) is 0 Å². The lowest BCUT2D eigenvalue weighted by Crippen LogP contribution is -2.07. The predicted molar refractivity (Wildman–Crippen MR) is 105 cm³/mol. The fraction of sp³-hybridized carbons (Fsp3) is 0.0556. The molecule has 1 N–H and O–H groups in total. The van der Waals surface area contributed by atoms with E-state index >= 15 is 0 Å². The van der Waals surface area contributed by atoms with Gasteiger partial charge >= 0.3 is 0 Å². The summed E-state index contributed by atoms with van der Waals surface area (Å²) < 4.78 is 5.59. The van der Waals surface area contributed by atoms with Crippen molar-refractivity contribution >= 4 is 51.7 Å². The zero-order chi connectivity index (χ0) is 18.4. The van der Waals surface area contributed by atoms with Crippen LogP contribution >= 0.6 is 34.5 Å². The highest BCUT2D eigenvalue weighted by atomic mass is 35.5. The van der Waals surface area contributed by atoms with E-state index in [0.29, 0.717) is 25.9 Å². The Kier molecular flexibility index (Phi) is 6.22. The van der Waals surface area contributed by atoms with E-state index < -0.39 is 0 Å². The third-order valence-electron chi connectivity index (χ3n) is 3.17. The standard InChI is InChI=1S/C18H13Cl2N3O2S/c19-13-4-1-12(2-5-13)3-10-16(24)21-18-23-22-17(26-18)11-25-15-8-6-14(20)7-9-15/h1-10H,11H2,(H,21,23,24). The van der Waals surface area contributed by atoms with E-state index in [1.54, 1.807) is 42.5 Å². The summed E-state index contributed by atoms with van der Waals surface area (Å²) in [6.07, 6.45) is 3.12. The first kappa shape index (κ1) is 18.4. The molecule has 0 spiro atoms. The molecule has 1 aromatic heterocycles. The molecule has 0 fully saturated rings. The lowest BCUT2D eigenvalue weighted by molar-refractivity contribution is -0.111. The van der Waals surface area contributed by atoms with E-state index in [0.717, 1.165) is 5.56 Å². The van der Waals surface area contributed by atoms with Gasteiger partial charge in [-0.2, -0.15) is 0 Å². The van der Waals surface area contributed by atoms with Gasteiger partial charge in [0, 0.05) is 16.1 Å². The van der Waals surface area contributed by atoms with Gasteiger partial charge in [-0.1, -0.05) is 46.7 Å². The second-order valence-electron chi connectivity index (χ2n) is 5.12. The number of carbonyl (C=O) groups excluding carboxylic acids is 1. The monoisotopic (exact) mass is 405 g/mol. The minimum Gasteiger partial charge on any atom is -0.486 e. The van der Waals surface area contributed by atoms with Gasteiger partial charge in [0.25, 0.3) is 0 Å². The van der Waals surface area contributed by atoms with Crippen LogP contribution in [0.4, 0.5) is 5.13 Å². The Bertz CT molecular complexity index is 909. The Morgan fingerprint density at radius 1 is 1.04 bits per heavy atom. The minimum absolute atomic E-state index is 0.260. The second-order valence-corrected chi connectivity index (χ2v) is 7.05. The number of nitrogens with zero attached hydrogens (tertiary/aromatic N) is 2. The van der Waals surface area contributed by atoms with Crippen LogP contribution in [0.5, 0.6) is 5.75 Å². The molecule has 0 saturated carbocycles. The third-order valence-corrected chi connectivity index (χ3v) is 4.49. The molecule has 0 radical (unpaired) electrons. The van der Waals surface area contributed by atoms with Gasteiger partial charge in [-0.15, -0.1) is 10.2 Å². The average Bonchev–Trinajstić information content (AvgIpc) is 3.08. The highest BCUT2D eigenvalue weighted by molar-refractivity contribution is 7.15. The lowest BCUT2D eigenvalue weighted by atomic mass is 10.2. The molecule has 3 aromatic rings.